The van der Waals surface area contributed by atoms with Crippen LogP contribution in [0, 0.1) is 23.7 Å². The molecule has 40 heavy (non-hydrogen) atoms. The minimum Gasteiger partial charge on any atom is -0.353 e. The first-order valence-electron chi connectivity index (χ1n) is 13.8. The first-order valence-corrected chi connectivity index (χ1v) is 13.8. The maximum absolute atomic E-state index is 12.7. The highest BCUT2D eigenvalue weighted by Gasteiger charge is 2.42. The Morgan fingerprint density at radius 2 is 1.68 bits per heavy atom. The molecule has 0 aromatic rings. The smallest absolute Gasteiger partial charge is 0.353 e. The Morgan fingerprint density at radius 3 is 2.33 bits per heavy atom. The van der Waals surface area contributed by atoms with Crippen molar-refractivity contribution in [3.8, 4) is 0 Å². The Kier molecular flexibility index (Phi) is 10.9. The van der Waals surface area contributed by atoms with Gasteiger partial charge in [0.05, 0.1) is 6.10 Å². The van der Waals surface area contributed by atoms with Gasteiger partial charge in [0.2, 0.25) is 5.91 Å². The number of rotatable bonds is 11. The van der Waals surface area contributed by atoms with Crippen LogP contribution in [0.2, 0.25) is 0 Å². The highest BCUT2D eigenvalue weighted by atomic mass is 19.4. The van der Waals surface area contributed by atoms with Gasteiger partial charge in [-0.15, -0.1) is 5.06 Å². The van der Waals surface area contributed by atoms with Crippen molar-refractivity contribution in [1.29, 1.82) is 0 Å². The number of amides is 4. The molecule has 7 atom stereocenters. The Hall–Kier alpha value is -2.74. The largest absolute Gasteiger partial charge is 0.471 e. The predicted octanol–water partition coefficient (Wildman–Crippen LogP) is 2.38. The molecule has 0 aromatic heterocycles. The average molecular weight is 578 g/mol. The van der Waals surface area contributed by atoms with Crippen LogP contribution in [-0.2, 0) is 38.3 Å². The number of unbranched alkanes of at least 4 members (excludes halogenated alkanes) is 1. The molecule has 1 aliphatic carbocycles. The lowest BCUT2D eigenvalue weighted by Crippen LogP contribution is -2.50. The molecule has 0 aromatic carbocycles. The van der Waals surface area contributed by atoms with E-state index < -0.39 is 48.1 Å². The van der Waals surface area contributed by atoms with E-state index >= 15 is 0 Å². The predicted molar refractivity (Wildman–Crippen MR) is 131 cm³/mol. The molecule has 0 spiro atoms. The molecule has 14 heteroatoms. The molecular weight excluding hydrogens is 539 g/mol. The van der Waals surface area contributed by atoms with Crippen molar-refractivity contribution >= 4 is 29.6 Å². The Labute approximate surface area is 230 Å². The molecule has 3 fully saturated rings. The summed E-state index contributed by atoms with van der Waals surface area (Å²) in [5.74, 6) is -4.12. The van der Waals surface area contributed by atoms with Gasteiger partial charge in [0, 0.05) is 50.3 Å². The second-order valence-corrected chi connectivity index (χ2v) is 10.9. The van der Waals surface area contributed by atoms with E-state index in [1.807, 2.05) is 19.2 Å². The van der Waals surface area contributed by atoms with E-state index in [1.165, 1.54) is 0 Å². The average Bonchev–Trinajstić information content (AvgIpc) is 3.49. The molecule has 226 valence electrons. The number of hydrogen-bond donors (Lipinski definition) is 2. The highest BCUT2D eigenvalue weighted by Crippen LogP contribution is 2.35. The zero-order chi connectivity index (χ0) is 29.6. The van der Waals surface area contributed by atoms with Crippen LogP contribution < -0.4 is 10.6 Å². The molecule has 4 amide bonds. The summed E-state index contributed by atoms with van der Waals surface area (Å²) in [6, 6.07) is -0.694. The van der Waals surface area contributed by atoms with Crippen molar-refractivity contribution in [3.05, 3.63) is 0 Å². The van der Waals surface area contributed by atoms with E-state index in [9.17, 15) is 37.1 Å². The molecule has 1 saturated carbocycles. The first kappa shape index (κ1) is 31.8. The molecule has 2 N–H and O–H groups in total. The summed E-state index contributed by atoms with van der Waals surface area (Å²) in [4.78, 5) is 63.7. The van der Waals surface area contributed by atoms with Crippen molar-refractivity contribution < 1.29 is 51.5 Å². The van der Waals surface area contributed by atoms with Gasteiger partial charge in [-0.2, -0.15) is 13.2 Å². The highest BCUT2D eigenvalue weighted by molar-refractivity contribution is 6.01. The SMILES string of the molecule is CC1C(CNC(=O)C2CCC(NC(=O)C(F)(F)F)C2)OC(OCCCCC(=O)ON2C(=O)CCC2=O)C(C)C1C. The van der Waals surface area contributed by atoms with Crippen LogP contribution in [0.25, 0.3) is 0 Å². The number of nitrogens with zero attached hydrogens (tertiary/aromatic N) is 1. The van der Waals surface area contributed by atoms with Crippen LogP contribution in [-0.4, -0.2) is 72.4 Å². The van der Waals surface area contributed by atoms with Crippen molar-refractivity contribution in [2.45, 2.75) is 96.7 Å². The number of carbonyl (C=O) groups excluding carboxylic acids is 5. The molecule has 2 heterocycles. The monoisotopic (exact) mass is 577 g/mol. The van der Waals surface area contributed by atoms with Crippen molar-refractivity contribution in [1.82, 2.24) is 15.7 Å². The summed E-state index contributed by atoms with van der Waals surface area (Å²) in [5.41, 5.74) is 0. The summed E-state index contributed by atoms with van der Waals surface area (Å²) < 4.78 is 49.6. The van der Waals surface area contributed by atoms with Crippen LogP contribution in [0.1, 0.15) is 72.1 Å². The van der Waals surface area contributed by atoms with Crippen LogP contribution >= 0.6 is 0 Å². The maximum Gasteiger partial charge on any atom is 0.471 e. The van der Waals surface area contributed by atoms with Crippen molar-refractivity contribution in [2.75, 3.05) is 13.2 Å². The number of hydroxylamine groups is 2. The van der Waals surface area contributed by atoms with Gasteiger partial charge < -0.3 is 24.9 Å². The van der Waals surface area contributed by atoms with E-state index in [0.717, 1.165) is 0 Å². The topological polar surface area (TPSA) is 140 Å². The Morgan fingerprint density at radius 1 is 1.00 bits per heavy atom. The zero-order valence-corrected chi connectivity index (χ0v) is 23.0. The molecule has 0 bridgehead atoms. The van der Waals surface area contributed by atoms with Crippen molar-refractivity contribution in [2.24, 2.45) is 23.7 Å². The van der Waals surface area contributed by atoms with Crippen LogP contribution in [0.3, 0.4) is 0 Å². The lowest BCUT2D eigenvalue weighted by Gasteiger charge is -2.43. The van der Waals surface area contributed by atoms with Crippen LogP contribution in [0.15, 0.2) is 0 Å². The van der Waals surface area contributed by atoms with Gasteiger partial charge in [0.25, 0.3) is 11.8 Å². The van der Waals surface area contributed by atoms with Gasteiger partial charge >= 0.3 is 18.1 Å². The van der Waals surface area contributed by atoms with Crippen LogP contribution in [0.4, 0.5) is 13.2 Å². The van der Waals surface area contributed by atoms with Crippen LogP contribution in [0.5, 0.6) is 0 Å². The fourth-order valence-electron chi connectivity index (χ4n) is 5.25. The minimum absolute atomic E-state index is 0.0193. The number of nitrogens with one attached hydrogen (secondary N) is 2. The van der Waals surface area contributed by atoms with Gasteiger partial charge in [0.15, 0.2) is 6.29 Å². The zero-order valence-electron chi connectivity index (χ0n) is 23.0. The van der Waals surface area contributed by atoms with Gasteiger partial charge in [-0.1, -0.05) is 20.8 Å². The maximum atomic E-state index is 12.7. The lowest BCUT2D eigenvalue weighted by atomic mass is 9.79. The van der Waals surface area contributed by atoms with Gasteiger partial charge in [0.1, 0.15) is 0 Å². The number of hydrogen-bond acceptors (Lipinski definition) is 8. The quantitative estimate of drug-likeness (QED) is 0.282. The van der Waals surface area contributed by atoms with Gasteiger partial charge in [-0.3, -0.25) is 19.2 Å². The lowest BCUT2D eigenvalue weighted by molar-refractivity contribution is -0.246. The molecule has 0 radical (unpaired) electrons. The number of carbonyl (C=O) groups is 5. The molecule has 7 unspecified atom stereocenters. The number of ether oxygens (including phenoxy) is 2. The van der Waals surface area contributed by atoms with E-state index in [4.69, 9.17) is 14.3 Å². The molecule has 11 nitrogen and oxygen atoms in total. The number of imide groups is 1. The van der Waals surface area contributed by atoms with E-state index in [2.05, 4.69) is 12.2 Å². The summed E-state index contributed by atoms with van der Waals surface area (Å²) >= 11 is 0. The molecular formula is C26H38F3N3O8. The third kappa shape index (κ3) is 8.38. The third-order valence-electron chi connectivity index (χ3n) is 8.11. The molecule has 3 aliphatic rings. The fraction of sp³-hybridized carbons (Fsp3) is 0.808. The summed E-state index contributed by atoms with van der Waals surface area (Å²) in [6.45, 7) is 6.62. The minimum atomic E-state index is -4.95. The summed E-state index contributed by atoms with van der Waals surface area (Å²) in [7, 11) is 0. The molecule has 2 aliphatic heterocycles. The van der Waals surface area contributed by atoms with Gasteiger partial charge in [-0.25, -0.2) is 4.79 Å². The third-order valence-corrected chi connectivity index (χ3v) is 8.11. The van der Waals surface area contributed by atoms with E-state index in [1.54, 1.807) is 0 Å². The summed E-state index contributed by atoms with van der Waals surface area (Å²) in [5, 5.41) is 5.32. The van der Waals surface area contributed by atoms with E-state index in [-0.39, 0.29) is 62.0 Å². The fourth-order valence-corrected chi connectivity index (χ4v) is 5.25. The Balaban J connectivity index is 1.38. The normalized spacial score (nSPS) is 30.9. The first-order chi connectivity index (χ1) is 18.8. The van der Waals surface area contributed by atoms with E-state index in [0.29, 0.717) is 37.4 Å². The second kappa shape index (κ2) is 13.7. The molecule has 2 saturated heterocycles. The van der Waals surface area contributed by atoms with Crippen molar-refractivity contribution in [3.63, 3.8) is 0 Å². The second-order valence-electron chi connectivity index (χ2n) is 10.9. The molecule has 3 rings (SSSR count). The summed E-state index contributed by atoms with van der Waals surface area (Å²) in [6.07, 6.45) is -3.97. The Bertz CT molecular complexity index is 946. The number of alkyl halides is 3. The number of halogens is 3. The standard InChI is InChI=1S/C26H38F3N3O8/c1-14-15(2)19(13-30-23(36)17-7-8-18(12-17)31-25(37)26(27,28)29)39-24(16(14)3)38-11-5-4-6-22(35)40-32-20(33)9-10-21(32)34/h14-19,24H,4-13H2,1-3H3,(H,30,36)(H,31,37). The van der Waals surface area contributed by atoms with Gasteiger partial charge in [-0.05, 0) is 43.9 Å².